The number of rotatable bonds is 3. The highest BCUT2D eigenvalue weighted by molar-refractivity contribution is 6.07. The lowest BCUT2D eigenvalue weighted by molar-refractivity contribution is 0.104. The van der Waals surface area contributed by atoms with Gasteiger partial charge in [-0.1, -0.05) is 78.9 Å². The minimum absolute atomic E-state index is 0.0724. The first kappa shape index (κ1) is 15.2. The minimum atomic E-state index is -0.0724. The molecule has 1 aliphatic rings. The Kier molecular flexibility index (Phi) is 4.01. The monoisotopic (exact) mass is 324 g/mol. The third kappa shape index (κ3) is 3.15. The molecule has 0 bridgehead atoms. The van der Waals surface area contributed by atoms with Crippen LogP contribution in [0.4, 0.5) is 0 Å². The van der Waals surface area contributed by atoms with Gasteiger partial charge in [0.2, 0.25) is 0 Å². The molecule has 120 valence electrons. The van der Waals surface area contributed by atoms with Crippen LogP contribution < -0.4 is 4.74 Å². The Hall–Kier alpha value is -3.39. The number of benzene rings is 3. The molecule has 0 amide bonds. The molecule has 0 fully saturated rings. The summed E-state index contributed by atoms with van der Waals surface area (Å²) in [6.45, 7) is 0. The highest BCUT2D eigenvalue weighted by Gasteiger charge is 2.19. The molecule has 1 heterocycles. The van der Waals surface area contributed by atoms with E-state index in [9.17, 15) is 4.79 Å². The molecule has 0 saturated heterocycles. The number of carbonyl (C=O) groups excluding carboxylic acids is 1. The summed E-state index contributed by atoms with van der Waals surface area (Å²) < 4.78 is 6.06. The number of para-hydroxylation sites is 1. The summed E-state index contributed by atoms with van der Waals surface area (Å²) in [5.74, 6) is 1.25. The molecule has 0 aliphatic carbocycles. The van der Waals surface area contributed by atoms with Crippen molar-refractivity contribution >= 4 is 17.4 Å². The SMILES string of the molecule is O=C(/C=C1\Oc2ccccc2C=C1c1ccccc1)c1ccccc1. The molecule has 0 spiro atoms. The Labute approximate surface area is 146 Å². The van der Waals surface area contributed by atoms with Gasteiger partial charge in [0.25, 0.3) is 0 Å². The van der Waals surface area contributed by atoms with Crippen molar-refractivity contribution in [3.05, 3.63) is 113 Å². The standard InChI is InChI=1S/C23H16O2/c24-21(18-11-5-2-6-12-18)16-23-20(17-9-3-1-4-10-17)15-19-13-7-8-14-22(19)25-23/h1-16H/b23-16-. The highest BCUT2D eigenvalue weighted by atomic mass is 16.5. The van der Waals surface area contributed by atoms with E-state index in [1.54, 1.807) is 6.08 Å². The molecule has 3 aromatic carbocycles. The first-order chi connectivity index (χ1) is 12.3. The molecule has 0 radical (unpaired) electrons. The number of allylic oxidation sites excluding steroid dienone is 2. The van der Waals surface area contributed by atoms with Gasteiger partial charge in [0.15, 0.2) is 5.78 Å². The van der Waals surface area contributed by atoms with Crippen molar-refractivity contribution < 1.29 is 9.53 Å². The Morgan fingerprint density at radius 1 is 0.760 bits per heavy atom. The maximum Gasteiger partial charge on any atom is 0.189 e. The normalized spacial score (nSPS) is 14.4. The molecule has 0 saturated carbocycles. The molecule has 0 atom stereocenters. The van der Waals surface area contributed by atoms with Crippen LogP contribution in [0.25, 0.3) is 11.6 Å². The van der Waals surface area contributed by atoms with Crippen LogP contribution in [0.5, 0.6) is 5.75 Å². The predicted octanol–water partition coefficient (Wildman–Crippen LogP) is 5.39. The number of ether oxygens (including phenoxy) is 1. The molecule has 0 N–H and O–H groups in total. The fourth-order valence-electron chi connectivity index (χ4n) is 2.85. The van der Waals surface area contributed by atoms with Crippen LogP contribution >= 0.6 is 0 Å². The van der Waals surface area contributed by atoms with Crippen LogP contribution in [0, 0.1) is 0 Å². The van der Waals surface area contributed by atoms with E-state index in [-0.39, 0.29) is 5.78 Å². The van der Waals surface area contributed by atoms with Gasteiger partial charge >= 0.3 is 0 Å². The smallest absolute Gasteiger partial charge is 0.189 e. The van der Waals surface area contributed by atoms with E-state index in [4.69, 9.17) is 4.74 Å². The fraction of sp³-hybridized carbons (Fsp3) is 0. The molecular weight excluding hydrogens is 308 g/mol. The van der Waals surface area contributed by atoms with Crippen molar-refractivity contribution in [2.75, 3.05) is 0 Å². The summed E-state index contributed by atoms with van der Waals surface area (Å²) in [4.78, 5) is 12.6. The van der Waals surface area contributed by atoms with Gasteiger partial charge in [0, 0.05) is 22.8 Å². The van der Waals surface area contributed by atoms with Crippen molar-refractivity contribution in [3.63, 3.8) is 0 Å². The average Bonchev–Trinajstić information content (AvgIpc) is 2.69. The fourth-order valence-corrected chi connectivity index (χ4v) is 2.85. The Balaban J connectivity index is 1.80. The first-order valence-electron chi connectivity index (χ1n) is 8.17. The Morgan fingerprint density at radius 3 is 2.16 bits per heavy atom. The Bertz CT molecular complexity index is 967. The van der Waals surface area contributed by atoms with Gasteiger partial charge in [-0.25, -0.2) is 0 Å². The second-order valence-electron chi connectivity index (χ2n) is 5.80. The number of ketones is 1. The maximum absolute atomic E-state index is 12.6. The summed E-state index contributed by atoms with van der Waals surface area (Å²) in [6.07, 6.45) is 3.64. The third-order valence-electron chi connectivity index (χ3n) is 4.11. The molecular formula is C23H16O2. The van der Waals surface area contributed by atoms with Gasteiger partial charge in [-0.3, -0.25) is 4.79 Å². The van der Waals surface area contributed by atoms with Crippen LogP contribution in [0.1, 0.15) is 21.5 Å². The number of hydrogen-bond acceptors (Lipinski definition) is 2. The zero-order valence-electron chi connectivity index (χ0n) is 13.6. The molecule has 25 heavy (non-hydrogen) atoms. The van der Waals surface area contributed by atoms with E-state index in [1.807, 2.05) is 84.9 Å². The second-order valence-corrected chi connectivity index (χ2v) is 5.80. The number of hydrogen-bond donors (Lipinski definition) is 0. The molecule has 4 rings (SSSR count). The molecule has 0 unspecified atom stereocenters. The topological polar surface area (TPSA) is 26.3 Å². The summed E-state index contributed by atoms with van der Waals surface area (Å²) in [5, 5.41) is 0. The zero-order chi connectivity index (χ0) is 17.1. The lowest BCUT2D eigenvalue weighted by Gasteiger charge is -2.21. The summed E-state index contributed by atoms with van der Waals surface area (Å²) in [6, 6.07) is 27.0. The second kappa shape index (κ2) is 6.62. The third-order valence-corrected chi connectivity index (χ3v) is 4.11. The summed E-state index contributed by atoms with van der Waals surface area (Å²) in [7, 11) is 0. The first-order valence-corrected chi connectivity index (χ1v) is 8.17. The molecule has 1 aliphatic heterocycles. The van der Waals surface area contributed by atoms with Crippen molar-refractivity contribution in [2.24, 2.45) is 0 Å². The molecule has 2 nitrogen and oxygen atoms in total. The predicted molar refractivity (Wildman–Crippen MR) is 100 cm³/mol. The lowest BCUT2D eigenvalue weighted by atomic mass is 9.97. The van der Waals surface area contributed by atoms with Crippen molar-refractivity contribution in [1.82, 2.24) is 0 Å². The summed E-state index contributed by atoms with van der Waals surface area (Å²) in [5.41, 5.74) is 3.57. The lowest BCUT2D eigenvalue weighted by Crippen LogP contribution is -2.08. The van der Waals surface area contributed by atoms with E-state index in [0.29, 0.717) is 11.3 Å². The van der Waals surface area contributed by atoms with Crippen LogP contribution in [0.2, 0.25) is 0 Å². The van der Waals surface area contributed by atoms with Gasteiger partial charge in [0.05, 0.1) is 0 Å². The van der Waals surface area contributed by atoms with E-state index in [2.05, 4.69) is 6.08 Å². The quantitative estimate of drug-likeness (QED) is 0.477. The number of carbonyl (C=O) groups is 1. The van der Waals surface area contributed by atoms with E-state index >= 15 is 0 Å². The van der Waals surface area contributed by atoms with E-state index < -0.39 is 0 Å². The van der Waals surface area contributed by atoms with Gasteiger partial charge in [0.1, 0.15) is 11.5 Å². The zero-order valence-corrected chi connectivity index (χ0v) is 13.6. The molecule has 2 heteroatoms. The summed E-state index contributed by atoms with van der Waals surface area (Å²) >= 11 is 0. The Morgan fingerprint density at radius 2 is 1.40 bits per heavy atom. The van der Waals surface area contributed by atoms with E-state index in [1.165, 1.54) is 0 Å². The van der Waals surface area contributed by atoms with Crippen LogP contribution in [0.15, 0.2) is 96.8 Å². The maximum atomic E-state index is 12.6. The largest absolute Gasteiger partial charge is 0.456 e. The highest BCUT2D eigenvalue weighted by Crippen LogP contribution is 2.36. The van der Waals surface area contributed by atoms with Crippen molar-refractivity contribution in [3.8, 4) is 5.75 Å². The van der Waals surface area contributed by atoms with E-state index in [0.717, 1.165) is 22.4 Å². The van der Waals surface area contributed by atoms with Crippen molar-refractivity contribution in [2.45, 2.75) is 0 Å². The van der Waals surface area contributed by atoms with Gasteiger partial charge in [-0.2, -0.15) is 0 Å². The number of fused-ring (bicyclic) bond motifs is 1. The van der Waals surface area contributed by atoms with Crippen LogP contribution in [0.3, 0.4) is 0 Å². The van der Waals surface area contributed by atoms with Crippen LogP contribution in [-0.2, 0) is 0 Å². The average molecular weight is 324 g/mol. The molecule has 3 aromatic rings. The van der Waals surface area contributed by atoms with Crippen LogP contribution in [-0.4, -0.2) is 5.78 Å². The van der Waals surface area contributed by atoms with Crippen molar-refractivity contribution in [1.29, 1.82) is 0 Å². The minimum Gasteiger partial charge on any atom is -0.456 e. The van der Waals surface area contributed by atoms with Gasteiger partial charge in [-0.15, -0.1) is 0 Å². The van der Waals surface area contributed by atoms with Gasteiger partial charge < -0.3 is 4.74 Å². The van der Waals surface area contributed by atoms with Gasteiger partial charge in [-0.05, 0) is 17.7 Å². The molecule has 0 aromatic heterocycles.